The molecule has 3 nitrogen and oxygen atoms in total. The fraction of sp³-hybridized carbons (Fsp3) is 0.333. The van der Waals surface area contributed by atoms with Gasteiger partial charge in [-0.2, -0.15) is 0 Å². The molecule has 1 unspecified atom stereocenters. The van der Waals surface area contributed by atoms with E-state index < -0.39 is 6.29 Å². The summed E-state index contributed by atoms with van der Waals surface area (Å²) in [6.07, 6.45) is -0.365. The smallest absolute Gasteiger partial charge is 0.198 e. The molecule has 1 aromatic rings. The molecule has 0 bridgehead atoms. The first-order valence-corrected chi connectivity index (χ1v) is 3.84. The van der Waals surface area contributed by atoms with Gasteiger partial charge in [0.1, 0.15) is 5.75 Å². The van der Waals surface area contributed by atoms with Crippen LogP contribution in [0.3, 0.4) is 0 Å². The van der Waals surface area contributed by atoms with Gasteiger partial charge in [0.25, 0.3) is 0 Å². The minimum atomic E-state index is -0.808. The van der Waals surface area contributed by atoms with E-state index in [1.165, 1.54) is 0 Å². The number of hydrogen-bond acceptors (Lipinski definition) is 3. The van der Waals surface area contributed by atoms with Crippen LogP contribution in [0.1, 0.15) is 6.42 Å². The van der Waals surface area contributed by atoms with Crippen molar-refractivity contribution in [3.05, 3.63) is 30.3 Å². The summed E-state index contributed by atoms with van der Waals surface area (Å²) in [6, 6.07) is 9.78. The van der Waals surface area contributed by atoms with Gasteiger partial charge in [0, 0.05) is 6.42 Å². The van der Waals surface area contributed by atoms with E-state index in [2.05, 4.69) is 6.07 Å². The summed E-state index contributed by atoms with van der Waals surface area (Å²) < 4.78 is 5.11. The first kappa shape index (κ1) is 9.03. The van der Waals surface area contributed by atoms with Gasteiger partial charge in [-0.25, -0.2) is 0 Å². The Morgan fingerprint density at radius 3 is 2.75 bits per heavy atom. The summed E-state index contributed by atoms with van der Waals surface area (Å²) in [4.78, 5) is 0. The standard InChI is InChI=1S/C9H12NO2/c10-7-6-9(11)12-8-4-2-1-3-5-8/h2-5,9,11H,6-7,10H2. The summed E-state index contributed by atoms with van der Waals surface area (Å²) in [5.41, 5.74) is 5.24. The Morgan fingerprint density at radius 2 is 2.17 bits per heavy atom. The molecular formula is C9H12NO2. The number of nitrogens with two attached hydrogens (primary N) is 1. The van der Waals surface area contributed by atoms with Gasteiger partial charge in [0.05, 0.1) is 0 Å². The SMILES string of the molecule is NCCC(O)Oc1cc[c]cc1. The van der Waals surface area contributed by atoms with Gasteiger partial charge in [-0.05, 0) is 24.7 Å². The minimum Gasteiger partial charge on any atom is -0.465 e. The summed E-state index contributed by atoms with van der Waals surface area (Å²) in [5, 5.41) is 9.19. The van der Waals surface area contributed by atoms with Gasteiger partial charge in [0.2, 0.25) is 0 Å². The van der Waals surface area contributed by atoms with Crippen LogP contribution >= 0.6 is 0 Å². The Balaban J connectivity index is 2.41. The molecule has 0 heterocycles. The number of aliphatic hydroxyl groups excluding tert-OH is 1. The van der Waals surface area contributed by atoms with Crippen LogP contribution < -0.4 is 10.5 Å². The highest BCUT2D eigenvalue weighted by atomic mass is 16.6. The molecule has 0 amide bonds. The van der Waals surface area contributed by atoms with Crippen molar-refractivity contribution in [3.8, 4) is 5.75 Å². The van der Waals surface area contributed by atoms with Gasteiger partial charge < -0.3 is 15.6 Å². The van der Waals surface area contributed by atoms with E-state index in [1.807, 2.05) is 0 Å². The quantitative estimate of drug-likeness (QED) is 0.641. The fourth-order valence-corrected chi connectivity index (χ4v) is 0.809. The summed E-state index contributed by atoms with van der Waals surface area (Å²) in [7, 11) is 0. The monoisotopic (exact) mass is 166 g/mol. The normalized spacial score (nSPS) is 12.5. The van der Waals surface area contributed by atoms with Crippen LogP contribution in [0, 0.1) is 6.07 Å². The molecule has 12 heavy (non-hydrogen) atoms. The predicted molar refractivity (Wildman–Crippen MR) is 45.6 cm³/mol. The third-order valence-electron chi connectivity index (χ3n) is 1.37. The molecule has 0 spiro atoms. The Morgan fingerprint density at radius 1 is 1.50 bits per heavy atom. The minimum absolute atomic E-state index is 0.417. The molecule has 3 heteroatoms. The van der Waals surface area contributed by atoms with Crippen LogP contribution in [0.15, 0.2) is 24.3 Å². The maximum absolute atomic E-state index is 9.19. The summed E-state index contributed by atoms with van der Waals surface area (Å²) in [5.74, 6) is 0.634. The molecular weight excluding hydrogens is 154 g/mol. The van der Waals surface area contributed by atoms with Crippen molar-refractivity contribution in [2.24, 2.45) is 5.73 Å². The molecule has 1 radical (unpaired) electrons. The molecule has 0 fully saturated rings. The molecule has 0 saturated heterocycles. The number of ether oxygens (including phenoxy) is 1. The summed E-state index contributed by atoms with van der Waals surface area (Å²) in [6.45, 7) is 0.417. The molecule has 1 atom stereocenters. The first-order chi connectivity index (χ1) is 5.83. The zero-order chi connectivity index (χ0) is 8.81. The van der Waals surface area contributed by atoms with Crippen molar-refractivity contribution in [1.82, 2.24) is 0 Å². The lowest BCUT2D eigenvalue weighted by molar-refractivity contribution is -0.0208. The van der Waals surface area contributed by atoms with E-state index in [4.69, 9.17) is 10.5 Å². The second-order valence-corrected chi connectivity index (χ2v) is 2.39. The molecule has 0 aliphatic rings. The average molecular weight is 166 g/mol. The summed E-state index contributed by atoms with van der Waals surface area (Å²) >= 11 is 0. The second kappa shape index (κ2) is 4.74. The van der Waals surface area contributed by atoms with Gasteiger partial charge in [0.15, 0.2) is 6.29 Å². The van der Waals surface area contributed by atoms with Crippen LogP contribution in [-0.4, -0.2) is 17.9 Å². The Bertz CT molecular complexity index is 213. The maximum Gasteiger partial charge on any atom is 0.198 e. The van der Waals surface area contributed by atoms with Crippen molar-refractivity contribution in [3.63, 3.8) is 0 Å². The van der Waals surface area contributed by atoms with Crippen molar-refractivity contribution in [1.29, 1.82) is 0 Å². The number of hydrogen-bond donors (Lipinski definition) is 2. The van der Waals surface area contributed by atoms with Gasteiger partial charge in [-0.1, -0.05) is 12.1 Å². The lowest BCUT2D eigenvalue weighted by Crippen LogP contribution is -2.19. The molecule has 3 N–H and O–H groups in total. The maximum atomic E-state index is 9.19. The third kappa shape index (κ3) is 2.90. The van der Waals surface area contributed by atoms with Crippen molar-refractivity contribution in [2.45, 2.75) is 12.7 Å². The second-order valence-electron chi connectivity index (χ2n) is 2.39. The van der Waals surface area contributed by atoms with E-state index in [9.17, 15) is 5.11 Å². The predicted octanol–water partition coefficient (Wildman–Crippen LogP) is 0.533. The lowest BCUT2D eigenvalue weighted by atomic mass is 10.3. The molecule has 0 aliphatic carbocycles. The molecule has 0 aliphatic heterocycles. The van der Waals surface area contributed by atoms with Gasteiger partial charge >= 0.3 is 0 Å². The van der Waals surface area contributed by atoms with Crippen LogP contribution in [-0.2, 0) is 0 Å². The highest BCUT2D eigenvalue weighted by molar-refractivity contribution is 5.20. The van der Waals surface area contributed by atoms with E-state index >= 15 is 0 Å². The van der Waals surface area contributed by atoms with Crippen LogP contribution in [0.25, 0.3) is 0 Å². The molecule has 0 aromatic heterocycles. The first-order valence-electron chi connectivity index (χ1n) is 3.84. The number of aliphatic hydroxyl groups is 1. The lowest BCUT2D eigenvalue weighted by Gasteiger charge is -2.11. The average Bonchev–Trinajstić information content (AvgIpc) is 2.06. The van der Waals surface area contributed by atoms with Gasteiger partial charge in [-0.15, -0.1) is 0 Å². The van der Waals surface area contributed by atoms with Crippen molar-refractivity contribution < 1.29 is 9.84 Å². The number of benzene rings is 1. The molecule has 0 saturated carbocycles. The van der Waals surface area contributed by atoms with E-state index in [0.717, 1.165) is 0 Å². The van der Waals surface area contributed by atoms with Crippen LogP contribution in [0.5, 0.6) is 5.75 Å². The largest absolute Gasteiger partial charge is 0.465 e. The highest BCUT2D eigenvalue weighted by Crippen LogP contribution is 2.10. The van der Waals surface area contributed by atoms with Crippen molar-refractivity contribution >= 4 is 0 Å². The van der Waals surface area contributed by atoms with Crippen molar-refractivity contribution in [2.75, 3.05) is 6.54 Å². The van der Waals surface area contributed by atoms with E-state index in [-0.39, 0.29) is 0 Å². The Hall–Kier alpha value is -1.06. The number of rotatable bonds is 4. The van der Waals surface area contributed by atoms with Crippen LogP contribution in [0.2, 0.25) is 0 Å². The van der Waals surface area contributed by atoms with E-state index in [1.54, 1.807) is 24.3 Å². The van der Waals surface area contributed by atoms with E-state index in [0.29, 0.717) is 18.7 Å². The fourth-order valence-electron chi connectivity index (χ4n) is 0.809. The zero-order valence-corrected chi connectivity index (χ0v) is 6.73. The Labute approximate surface area is 71.8 Å². The molecule has 65 valence electrons. The van der Waals surface area contributed by atoms with Crippen LogP contribution in [0.4, 0.5) is 0 Å². The highest BCUT2D eigenvalue weighted by Gasteiger charge is 2.02. The molecule has 1 aromatic carbocycles. The zero-order valence-electron chi connectivity index (χ0n) is 6.73. The van der Waals surface area contributed by atoms with Gasteiger partial charge in [-0.3, -0.25) is 0 Å². The third-order valence-corrected chi connectivity index (χ3v) is 1.37. The molecule has 1 rings (SSSR count). The topological polar surface area (TPSA) is 55.5 Å². The Kier molecular flexibility index (Phi) is 3.57.